The van der Waals surface area contributed by atoms with Crippen LogP contribution in [-0.2, 0) is 5.54 Å². The van der Waals surface area contributed by atoms with Gasteiger partial charge in [0.2, 0.25) is 0 Å². The molecule has 0 heterocycles. The topological polar surface area (TPSA) is 38.0 Å². The molecule has 1 aromatic carbocycles. The molecule has 2 aliphatic carbocycles. The predicted molar refractivity (Wildman–Crippen MR) is 80.2 cm³/mol. The summed E-state index contributed by atoms with van der Waals surface area (Å²) in [4.78, 5) is 0. The van der Waals surface area contributed by atoms with E-state index in [1.54, 1.807) is 0 Å². The summed E-state index contributed by atoms with van der Waals surface area (Å²) in [5.74, 6) is 1.65. The minimum Gasteiger partial charge on any atom is -0.328 e. The first-order valence-electron chi connectivity index (χ1n) is 7.80. The summed E-state index contributed by atoms with van der Waals surface area (Å²) in [6, 6.07) is 8.88. The Bertz CT molecular complexity index is 439. The van der Waals surface area contributed by atoms with Crippen LogP contribution >= 0.6 is 0 Å². The lowest BCUT2D eigenvalue weighted by Gasteiger charge is -2.41. The second-order valence-electron chi connectivity index (χ2n) is 6.47. The zero-order valence-corrected chi connectivity index (χ0v) is 12.0. The summed E-state index contributed by atoms with van der Waals surface area (Å²) >= 11 is 0. The van der Waals surface area contributed by atoms with Gasteiger partial charge in [-0.2, -0.15) is 0 Å². The van der Waals surface area contributed by atoms with Crippen molar-refractivity contribution < 1.29 is 0 Å². The molecular weight excluding hydrogens is 232 g/mol. The predicted octanol–water partition coefficient (Wildman–Crippen LogP) is 3.13. The normalized spacial score (nSPS) is 30.1. The van der Waals surface area contributed by atoms with Crippen molar-refractivity contribution in [2.75, 3.05) is 13.1 Å². The summed E-state index contributed by atoms with van der Waals surface area (Å²) in [5.41, 5.74) is 9.14. The maximum atomic E-state index is 6.17. The van der Waals surface area contributed by atoms with Crippen LogP contribution in [0.25, 0.3) is 0 Å². The molecule has 19 heavy (non-hydrogen) atoms. The molecule has 2 aliphatic rings. The molecule has 1 saturated carbocycles. The van der Waals surface area contributed by atoms with Crippen LogP contribution in [0.1, 0.15) is 56.1 Å². The van der Waals surface area contributed by atoms with Gasteiger partial charge in [-0.15, -0.1) is 0 Å². The first-order valence-corrected chi connectivity index (χ1v) is 7.80. The van der Waals surface area contributed by atoms with Gasteiger partial charge in [-0.1, -0.05) is 44.0 Å². The van der Waals surface area contributed by atoms with Crippen molar-refractivity contribution in [1.29, 1.82) is 0 Å². The Kier molecular flexibility index (Phi) is 3.64. The van der Waals surface area contributed by atoms with Gasteiger partial charge in [0.25, 0.3) is 0 Å². The largest absolute Gasteiger partial charge is 0.328 e. The van der Waals surface area contributed by atoms with E-state index in [1.807, 2.05) is 0 Å². The van der Waals surface area contributed by atoms with Crippen LogP contribution in [0.15, 0.2) is 24.3 Å². The number of hydrogen-bond donors (Lipinski definition) is 2. The second kappa shape index (κ2) is 5.26. The second-order valence-corrected chi connectivity index (χ2v) is 6.47. The van der Waals surface area contributed by atoms with Crippen molar-refractivity contribution in [3.8, 4) is 0 Å². The third-order valence-corrected chi connectivity index (χ3v) is 5.07. The van der Waals surface area contributed by atoms with Crippen LogP contribution in [0, 0.1) is 5.92 Å². The monoisotopic (exact) mass is 258 g/mol. The smallest absolute Gasteiger partial charge is 0.0561 e. The molecule has 0 aromatic heterocycles. The van der Waals surface area contributed by atoms with Gasteiger partial charge in [-0.3, -0.25) is 0 Å². The molecule has 2 atom stereocenters. The highest BCUT2D eigenvalue weighted by Crippen LogP contribution is 2.41. The number of nitrogens with one attached hydrogen (secondary N) is 1. The van der Waals surface area contributed by atoms with Gasteiger partial charge >= 0.3 is 0 Å². The Morgan fingerprint density at radius 1 is 1.26 bits per heavy atom. The van der Waals surface area contributed by atoms with Crippen LogP contribution in [0.2, 0.25) is 0 Å². The molecule has 3 rings (SSSR count). The molecule has 3 N–H and O–H groups in total. The third-order valence-electron chi connectivity index (χ3n) is 5.07. The highest BCUT2D eigenvalue weighted by molar-refractivity contribution is 5.39. The van der Waals surface area contributed by atoms with Crippen molar-refractivity contribution in [1.82, 2.24) is 5.32 Å². The van der Waals surface area contributed by atoms with Crippen LogP contribution in [0.3, 0.4) is 0 Å². The minimum absolute atomic E-state index is 0.0258. The lowest BCUT2D eigenvalue weighted by molar-refractivity contribution is 0.277. The number of hydrogen-bond acceptors (Lipinski definition) is 2. The van der Waals surface area contributed by atoms with Crippen molar-refractivity contribution in [3.63, 3.8) is 0 Å². The molecule has 2 heteroatoms. The number of benzene rings is 1. The fourth-order valence-electron chi connectivity index (χ4n) is 3.51. The standard InChI is InChI=1S/C17H26N2/c1-13-8-10-17(12-18,19-11-9-14-6-7-14)16-5-3-2-4-15(13)16/h2-5,13-14,19H,6-12,18H2,1H3. The fourth-order valence-corrected chi connectivity index (χ4v) is 3.51. The van der Waals surface area contributed by atoms with Crippen LogP contribution in [-0.4, -0.2) is 13.1 Å². The summed E-state index contributed by atoms with van der Waals surface area (Å²) in [6.07, 6.45) is 6.60. The molecule has 1 fully saturated rings. The molecule has 104 valence electrons. The van der Waals surface area contributed by atoms with E-state index in [1.165, 1.54) is 43.2 Å². The Hall–Kier alpha value is -0.860. The molecular formula is C17H26N2. The van der Waals surface area contributed by atoms with Crippen molar-refractivity contribution in [3.05, 3.63) is 35.4 Å². The van der Waals surface area contributed by atoms with E-state index < -0.39 is 0 Å². The average molecular weight is 258 g/mol. The Labute approximate surface area is 116 Å². The zero-order chi connectivity index (χ0) is 13.3. The SMILES string of the molecule is CC1CCC(CN)(NCCC2CC2)c2ccccc21. The number of fused-ring (bicyclic) bond motifs is 1. The molecule has 0 aliphatic heterocycles. The van der Waals surface area contributed by atoms with E-state index >= 15 is 0 Å². The van der Waals surface area contributed by atoms with Gasteiger partial charge in [-0.05, 0) is 48.8 Å². The van der Waals surface area contributed by atoms with E-state index in [4.69, 9.17) is 5.73 Å². The number of rotatable bonds is 5. The summed E-state index contributed by atoms with van der Waals surface area (Å²) in [5, 5.41) is 3.81. The molecule has 0 radical (unpaired) electrons. The fraction of sp³-hybridized carbons (Fsp3) is 0.647. The van der Waals surface area contributed by atoms with E-state index in [-0.39, 0.29) is 5.54 Å². The van der Waals surface area contributed by atoms with E-state index in [2.05, 4.69) is 36.5 Å². The zero-order valence-electron chi connectivity index (χ0n) is 12.0. The van der Waals surface area contributed by atoms with E-state index in [9.17, 15) is 0 Å². The third kappa shape index (κ3) is 2.56. The van der Waals surface area contributed by atoms with Crippen LogP contribution in [0.5, 0.6) is 0 Å². The first-order chi connectivity index (χ1) is 9.25. The molecule has 2 nitrogen and oxygen atoms in total. The van der Waals surface area contributed by atoms with Gasteiger partial charge in [0, 0.05) is 6.54 Å². The van der Waals surface area contributed by atoms with Crippen molar-refractivity contribution >= 4 is 0 Å². The van der Waals surface area contributed by atoms with Crippen molar-refractivity contribution in [2.45, 2.75) is 50.5 Å². The highest BCUT2D eigenvalue weighted by atomic mass is 15.0. The van der Waals surface area contributed by atoms with Gasteiger partial charge < -0.3 is 11.1 Å². The van der Waals surface area contributed by atoms with Crippen LogP contribution in [0.4, 0.5) is 0 Å². The molecule has 0 spiro atoms. The van der Waals surface area contributed by atoms with E-state index in [0.29, 0.717) is 12.5 Å². The Morgan fingerprint density at radius 2 is 2.05 bits per heavy atom. The average Bonchev–Trinajstić information content (AvgIpc) is 3.26. The molecule has 2 unspecified atom stereocenters. The Morgan fingerprint density at radius 3 is 2.79 bits per heavy atom. The van der Waals surface area contributed by atoms with Crippen molar-refractivity contribution in [2.24, 2.45) is 11.7 Å². The van der Waals surface area contributed by atoms with Gasteiger partial charge in [-0.25, -0.2) is 0 Å². The van der Waals surface area contributed by atoms with Gasteiger partial charge in [0.1, 0.15) is 0 Å². The lowest BCUT2D eigenvalue weighted by atomic mass is 9.72. The maximum absolute atomic E-state index is 6.17. The van der Waals surface area contributed by atoms with E-state index in [0.717, 1.165) is 12.5 Å². The Balaban J connectivity index is 1.81. The highest BCUT2D eigenvalue weighted by Gasteiger charge is 2.37. The summed E-state index contributed by atoms with van der Waals surface area (Å²) < 4.78 is 0. The minimum atomic E-state index is 0.0258. The lowest BCUT2D eigenvalue weighted by Crippen LogP contribution is -2.51. The maximum Gasteiger partial charge on any atom is 0.0561 e. The molecule has 1 aromatic rings. The summed E-state index contributed by atoms with van der Waals surface area (Å²) in [6.45, 7) is 4.16. The quantitative estimate of drug-likeness (QED) is 0.851. The first kappa shape index (κ1) is 13.1. The van der Waals surface area contributed by atoms with Crippen LogP contribution < -0.4 is 11.1 Å². The summed E-state index contributed by atoms with van der Waals surface area (Å²) in [7, 11) is 0. The van der Waals surface area contributed by atoms with Gasteiger partial charge in [0.15, 0.2) is 0 Å². The molecule has 0 amide bonds. The van der Waals surface area contributed by atoms with Gasteiger partial charge in [0.05, 0.1) is 5.54 Å². The number of nitrogens with two attached hydrogens (primary N) is 1. The molecule has 0 bridgehead atoms. The molecule has 0 saturated heterocycles.